The normalized spacial score (nSPS) is 16.3. The summed E-state index contributed by atoms with van der Waals surface area (Å²) in [5.41, 5.74) is 0.286. The lowest BCUT2D eigenvalue weighted by Crippen LogP contribution is -2.57. The lowest BCUT2D eigenvalue weighted by molar-refractivity contribution is -0.130. The summed E-state index contributed by atoms with van der Waals surface area (Å²) in [6.45, 7) is 1.01. The third kappa shape index (κ3) is 4.87. The van der Waals surface area contributed by atoms with Gasteiger partial charge in [-0.25, -0.2) is 22.5 Å². The average Bonchev–Trinajstić information content (AvgIpc) is 3.23. The van der Waals surface area contributed by atoms with E-state index in [9.17, 15) is 18.0 Å². The summed E-state index contributed by atoms with van der Waals surface area (Å²) in [7, 11) is 0.933. The number of fused-ring (bicyclic) bond motifs is 1. The van der Waals surface area contributed by atoms with Crippen LogP contribution in [-0.2, 0) is 26.4 Å². The van der Waals surface area contributed by atoms with Crippen molar-refractivity contribution in [1.29, 1.82) is 0 Å². The first-order chi connectivity index (χ1) is 17.1. The highest BCUT2D eigenvalue weighted by molar-refractivity contribution is 7.91. The number of rotatable bonds is 6. The minimum absolute atomic E-state index is 0.0653. The first-order valence-corrected chi connectivity index (χ1v) is 14.5. The van der Waals surface area contributed by atoms with Gasteiger partial charge in [0.05, 0.1) is 37.3 Å². The summed E-state index contributed by atoms with van der Waals surface area (Å²) in [6.07, 6.45) is 2.41. The van der Waals surface area contributed by atoms with Gasteiger partial charge in [0.2, 0.25) is 10.7 Å². The third-order valence-corrected chi connectivity index (χ3v) is 10.1. The maximum absolute atomic E-state index is 13.8. The van der Waals surface area contributed by atoms with Gasteiger partial charge >= 0.3 is 11.9 Å². The molecule has 0 saturated carbocycles. The SMILES string of the molecule is CN=c1sc([N+]2(C(=O)CCS(=O)(=O)c3ccc4cc(Cl)ccc4c3)CCCCC2)c(C(=O)OC)n1C. The number of hydrogen-bond acceptors (Lipinski definition) is 7. The van der Waals surface area contributed by atoms with Crippen molar-refractivity contribution in [3.05, 3.63) is 51.9 Å². The van der Waals surface area contributed by atoms with Crippen molar-refractivity contribution in [2.45, 2.75) is 30.6 Å². The molecular weight excluding hydrogens is 522 g/mol. The number of esters is 1. The Bertz CT molecular complexity index is 1500. The fourth-order valence-corrected chi connectivity index (χ4v) is 7.52. The molecule has 11 heteroatoms. The number of carbonyl (C=O) groups excluding carboxylic acids is 2. The Balaban J connectivity index is 1.67. The minimum Gasteiger partial charge on any atom is -0.464 e. The molecule has 0 N–H and O–H groups in total. The van der Waals surface area contributed by atoms with Gasteiger partial charge in [0.1, 0.15) is 0 Å². The molecule has 1 fully saturated rings. The molecule has 1 amide bonds. The van der Waals surface area contributed by atoms with E-state index in [1.54, 1.807) is 55.1 Å². The van der Waals surface area contributed by atoms with Gasteiger partial charge in [-0.05, 0) is 65.6 Å². The van der Waals surface area contributed by atoms with Gasteiger partial charge in [-0.2, -0.15) is 0 Å². The number of hydrogen-bond donors (Lipinski definition) is 0. The number of likely N-dealkylation sites (tertiary alicyclic amines) is 1. The maximum atomic E-state index is 13.8. The molecule has 1 aliphatic heterocycles. The second-order valence-corrected chi connectivity index (χ2v) is 12.4. The highest BCUT2D eigenvalue weighted by Gasteiger charge is 2.46. The van der Waals surface area contributed by atoms with Crippen molar-refractivity contribution >= 4 is 60.4 Å². The Morgan fingerprint density at radius 2 is 1.78 bits per heavy atom. The van der Waals surface area contributed by atoms with Crippen molar-refractivity contribution in [2.24, 2.45) is 12.0 Å². The molecule has 3 aromatic rings. The Hall–Kier alpha value is -2.53. The molecule has 0 aliphatic carbocycles. The lowest BCUT2D eigenvalue weighted by atomic mass is 10.1. The van der Waals surface area contributed by atoms with Crippen molar-refractivity contribution < 1.29 is 22.7 Å². The molecule has 192 valence electrons. The topological polar surface area (TPSA) is 94.8 Å². The van der Waals surface area contributed by atoms with Crippen LogP contribution in [-0.4, -0.2) is 57.9 Å². The predicted octanol–water partition coefficient (Wildman–Crippen LogP) is 4.09. The number of thiazole rings is 1. The monoisotopic (exact) mass is 550 g/mol. The molecule has 2 aromatic carbocycles. The van der Waals surface area contributed by atoms with E-state index >= 15 is 0 Å². The lowest BCUT2D eigenvalue weighted by Gasteiger charge is -2.37. The standard InChI is InChI=1S/C25H29ClN3O5S2/c1-27-25-28(2)22(24(31)34-3)23(35-25)29(12-5-4-6-13-29)21(30)11-14-36(32,33)20-10-8-17-15-19(26)9-7-18(17)16-20/h7-10,15-16H,4-6,11-14H2,1-3H3/q+1. The zero-order valence-electron chi connectivity index (χ0n) is 20.5. The molecule has 1 aliphatic rings. The van der Waals surface area contributed by atoms with Crippen LogP contribution >= 0.6 is 22.9 Å². The summed E-state index contributed by atoms with van der Waals surface area (Å²) in [4.78, 5) is 31.6. The van der Waals surface area contributed by atoms with Crippen molar-refractivity contribution in [3.8, 4) is 0 Å². The third-order valence-electron chi connectivity index (χ3n) is 6.75. The first-order valence-electron chi connectivity index (χ1n) is 11.7. The number of amides is 1. The van der Waals surface area contributed by atoms with Crippen LogP contribution in [0.25, 0.3) is 10.8 Å². The molecule has 0 spiro atoms. The minimum atomic E-state index is -3.72. The molecule has 0 bridgehead atoms. The molecule has 1 saturated heterocycles. The van der Waals surface area contributed by atoms with E-state index in [0.717, 1.165) is 30.0 Å². The summed E-state index contributed by atoms with van der Waals surface area (Å²) < 4.78 is 33.0. The number of piperidine rings is 1. The van der Waals surface area contributed by atoms with E-state index in [4.69, 9.17) is 16.3 Å². The molecule has 0 unspecified atom stereocenters. The number of sulfone groups is 1. The second kappa shape index (κ2) is 10.5. The van der Waals surface area contributed by atoms with Crippen molar-refractivity contribution in [1.82, 2.24) is 9.05 Å². The van der Waals surface area contributed by atoms with Crippen LogP contribution in [0.5, 0.6) is 0 Å². The number of quaternary nitrogens is 1. The zero-order valence-corrected chi connectivity index (χ0v) is 22.9. The fourth-order valence-electron chi connectivity index (χ4n) is 4.81. The van der Waals surface area contributed by atoms with Crippen LogP contribution in [0.3, 0.4) is 0 Å². The average molecular weight is 551 g/mol. The van der Waals surface area contributed by atoms with Gasteiger partial charge in [-0.15, -0.1) is 0 Å². The number of ether oxygens (including phenoxy) is 1. The molecule has 1 aromatic heterocycles. The number of halogens is 1. The number of aromatic nitrogens is 1. The van der Waals surface area contributed by atoms with Gasteiger partial charge < -0.3 is 9.30 Å². The number of methoxy groups -OCH3 is 1. The van der Waals surface area contributed by atoms with E-state index in [0.29, 0.717) is 27.9 Å². The van der Waals surface area contributed by atoms with Crippen LogP contribution in [0, 0.1) is 0 Å². The van der Waals surface area contributed by atoms with Gasteiger partial charge in [-0.3, -0.25) is 4.99 Å². The second-order valence-electron chi connectivity index (χ2n) is 8.90. The first kappa shape index (κ1) is 26.5. The summed E-state index contributed by atoms with van der Waals surface area (Å²) in [5, 5.41) is 2.74. The number of carbonyl (C=O) groups is 2. The summed E-state index contributed by atoms with van der Waals surface area (Å²) in [6, 6.07) is 10.1. The predicted molar refractivity (Wildman–Crippen MR) is 142 cm³/mol. The number of nitrogens with zero attached hydrogens (tertiary/aromatic N) is 3. The molecule has 8 nitrogen and oxygen atoms in total. The largest absolute Gasteiger partial charge is 0.464 e. The van der Waals surface area contributed by atoms with E-state index in [1.165, 1.54) is 18.4 Å². The molecular formula is C25H29ClN3O5S2+. The zero-order chi connectivity index (χ0) is 26.1. The Morgan fingerprint density at radius 1 is 1.11 bits per heavy atom. The van der Waals surface area contributed by atoms with Gasteiger partial charge in [0, 0.05) is 19.1 Å². The van der Waals surface area contributed by atoms with Gasteiger partial charge in [0.25, 0.3) is 0 Å². The molecule has 0 atom stereocenters. The van der Waals surface area contributed by atoms with E-state index < -0.39 is 15.8 Å². The van der Waals surface area contributed by atoms with Gasteiger partial charge in [0.15, 0.2) is 14.6 Å². The van der Waals surface area contributed by atoms with Crippen LogP contribution < -0.4 is 9.28 Å². The van der Waals surface area contributed by atoms with Crippen molar-refractivity contribution in [3.63, 3.8) is 0 Å². The highest BCUT2D eigenvalue weighted by Crippen LogP contribution is 2.36. The van der Waals surface area contributed by atoms with Gasteiger partial charge in [-0.1, -0.05) is 23.7 Å². The molecule has 36 heavy (non-hydrogen) atoms. The number of benzene rings is 2. The van der Waals surface area contributed by atoms with E-state index in [-0.39, 0.29) is 33.2 Å². The van der Waals surface area contributed by atoms with Crippen molar-refractivity contribution in [2.75, 3.05) is 33.0 Å². The maximum Gasteiger partial charge on any atom is 0.362 e. The molecule has 0 radical (unpaired) electrons. The smallest absolute Gasteiger partial charge is 0.362 e. The highest BCUT2D eigenvalue weighted by atomic mass is 35.5. The van der Waals surface area contributed by atoms with Crippen LogP contribution in [0.4, 0.5) is 5.00 Å². The van der Waals surface area contributed by atoms with Crippen LogP contribution in [0.15, 0.2) is 46.3 Å². The Kier molecular flexibility index (Phi) is 7.70. The van der Waals surface area contributed by atoms with Crippen LogP contribution in [0.2, 0.25) is 5.02 Å². The quantitative estimate of drug-likeness (QED) is 0.340. The van der Waals surface area contributed by atoms with Crippen LogP contribution in [0.1, 0.15) is 36.2 Å². The Morgan fingerprint density at radius 3 is 2.44 bits per heavy atom. The molecule has 2 heterocycles. The Labute approximate surface area is 219 Å². The molecule has 4 rings (SSSR count). The summed E-state index contributed by atoms with van der Waals surface area (Å²) in [5.74, 6) is -1.08. The fraction of sp³-hybridized carbons (Fsp3) is 0.400. The summed E-state index contributed by atoms with van der Waals surface area (Å²) >= 11 is 7.32. The van der Waals surface area contributed by atoms with E-state index in [2.05, 4.69) is 4.99 Å². The van der Waals surface area contributed by atoms with E-state index in [1.807, 2.05) is 0 Å².